The first-order valence-electron chi connectivity index (χ1n) is 10.3. The highest BCUT2D eigenvalue weighted by molar-refractivity contribution is 7.89. The van der Waals surface area contributed by atoms with Gasteiger partial charge in [-0.15, -0.1) is 0 Å². The summed E-state index contributed by atoms with van der Waals surface area (Å²) >= 11 is 5.98. The number of amides is 1. The van der Waals surface area contributed by atoms with Crippen molar-refractivity contribution in [1.82, 2.24) is 4.72 Å². The molecule has 0 saturated carbocycles. The molecule has 1 amide bonds. The Labute approximate surface area is 192 Å². The quantitative estimate of drug-likeness (QED) is 0.577. The molecule has 1 heterocycles. The molecule has 32 heavy (non-hydrogen) atoms. The molecule has 1 atom stereocenters. The molecular weight excluding hydrogens is 451 g/mol. The topological polar surface area (TPSA) is 66.5 Å². The fourth-order valence-corrected chi connectivity index (χ4v) is 5.28. The van der Waals surface area contributed by atoms with Crippen molar-refractivity contribution in [2.45, 2.75) is 43.5 Å². The molecule has 3 aromatic carbocycles. The average Bonchev–Trinajstić information content (AvgIpc) is 3.06. The molecule has 168 valence electrons. The summed E-state index contributed by atoms with van der Waals surface area (Å²) in [4.78, 5) is 14.3. The summed E-state index contributed by atoms with van der Waals surface area (Å²) in [5.41, 5.74) is 0.755. The van der Waals surface area contributed by atoms with Gasteiger partial charge >= 0.3 is 0 Å². The van der Waals surface area contributed by atoms with Crippen molar-refractivity contribution in [3.63, 3.8) is 0 Å². The van der Waals surface area contributed by atoms with Crippen molar-refractivity contribution in [3.8, 4) is 0 Å². The van der Waals surface area contributed by atoms with E-state index in [4.69, 9.17) is 11.6 Å². The molecule has 4 rings (SSSR count). The van der Waals surface area contributed by atoms with Crippen LogP contribution in [0.25, 0.3) is 10.8 Å². The molecule has 0 radical (unpaired) electrons. The summed E-state index contributed by atoms with van der Waals surface area (Å²) in [7, 11) is -3.94. The lowest BCUT2D eigenvalue weighted by molar-refractivity contribution is -0.118. The van der Waals surface area contributed by atoms with E-state index in [0.29, 0.717) is 5.02 Å². The first kappa shape index (κ1) is 22.7. The summed E-state index contributed by atoms with van der Waals surface area (Å²) in [6.07, 6.45) is 0.252. The minimum atomic E-state index is -3.94. The van der Waals surface area contributed by atoms with Crippen LogP contribution in [0.15, 0.2) is 59.5 Å². The smallest absolute Gasteiger partial charge is 0.245 e. The van der Waals surface area contributed by atoms with Gasteiger partial charge in [0.2, 0.25) is 15.9 Å². The summed E-state index contributed by atoms with van der Waals surface area (Å²) in [6.45, 7) is 6.17. The maximum absolute atomic E-state index is 14.8. The van der Waals surface area contributed by atoms with E-state index in [1.807, 2.05) is 20.8 Å². The second-order valence-corrected chi connectivity index (χ2v) is 11.2. The second kappa shape index (κ2) is 8.14. The van der Waals surface area contributed by atoms with Crippen molar-refractivity contribution in [1.29, 1.82) is 0 Å². The number of benzene rings is 3. The third-order valence-electron chi connectivity index (χ3n) is 5.69. The van der Waals surface area contributed by atoms with E-state index in [0.717, 1.165) is 16.3 Å². The summed E-state index contributed by atoms with van der Waals surface area (Å²) in [5, 5.41) is 2.09. The van der Waals surface area contributed by atoms with E-state index in [-0.39, 0.29) is 29.0 Å². The van der Waals surface area contributed by atoms with Gasteiger partial charge in [-0.2, -0.15) is 4.72 Å². The molecule has 1 aliphatic rings. The summed E-state index contributed by atoms with van der Waals surface area (Å²) in [5.74, 6) is -0.967. The molecule has 1 fully saturated rings. The van der Waals surface area contributed by atoms with Crippen LogP contribution in [0.5, 0.6) is 0 Å². The number of nitrogens with zero attached hydrogens (tertiary/aromatic N) is 1. The number of nitrogens with one attached hydrogen (secondary N) is 1. The Morgan fingerprint density at radius 3 is 2.41 bits per heavy atom. The summed E-state index contributed by atoms with van der Waals surface area (Å²) in [6, 6.07) is 13.7. The van der Waals surface area contributed by atoms with Crippen molar-refractivity contribution in [2.24, 2.45) is 0 Å². The summed E-state index contributed by atoms with van der Waals surface area (Å²) < 4.78 is 43.1. The molecule has 0 aliphatic carbocycles. The first-order chi connectivity index (χ1) is 15.0. The monoisotopic (exact) mass is 474 g/mol. The van der Waals surface area contributed by atoms with E-state index in [9.17, 15) is 17.6 Å². The number of anilines is 1. The molecule has 5 nitrogen and oxygen atoms in total. The number of carbonyl (C=O) groups is 1. The number of sulfonamides is 1. The average molecular weight is 475 g/mol. The number of halogens is 2. The van der Waals surface area contributed by atoms with Gasteiger partial charge in [0.25, 0.3) is 0 Å². The van der Waals surface area contributed by atoms with Crippen LogP contribution in [-0.4, -0.2) is 26.9 Å². The number of hydrogen-bond acceptors (Lipinski definition) is 3. The molecule has 8 heteroatoms. The SMILES string of the molecule is CC(C)(C)c1ccc(N2CCC(NS(=O)(=O)c3ccc4cc(Cl)ccc4c3)C2=O)c(F)c1. The van der Waals surface area contributed by atoms with Crippen molar-refractivity contribution in [3.05, 3.63) is 71.0 Å². The van der Waals surface area contributed by atoms with Crippen LogP contribution in [0, 0.1) is 5.82 Å². The molecule has 1 aliphatic heterocycles. The highest BCUT2D eigenvalue weighted by Gasteiger charge is 2.37. The molecule has 0 bridgehead atoms. The zero-order valence-electron chi connectivity index (χ0n) is 18.0. The van der Waals surface area contributed by atoms with Crippen molar-refractivity contribution < 1.29 is 17.6 Å². The van der Waals surface area contributed by atoms with Gasteiger partial charge < -0.3 is 4.90 Å². The molecule has 1 saturated heterocycles. The first-order valence-corrected chi connectivity index (χ1v) is 12.1. The lowest BCUT2D eigenvalue weighted by Gasteiger charge is -2.22. The van der Waals surface area contributed by atoms with Crippen LogP contribution in [0.4, 0.5) is 10.1 Å². The molecule has 0 aromatic heterocycles. The van der Waals surface area contributed by atoms with Gasteiger partial charge in [-0.05, 0) is 64.6 Å². The van der Waals surface area contributed by atoms with Gasteiger partial charge in [-0.3, -0.25) is 4.79 Å². The van der Waals surface area contributed by atoms with Gasteiger partial charge in [0.1, 0.15) is 11.9 Å². The molecule has 1 unspecified atom stereocenters. The highest BCUT2D eigenvalue weighted by Crippen LogP contribution is 2.30. The Kier molecular flexibility index (Phi) is 5.77. The van der Waals surface area contributed by atoms with Gasteiger partial charge in [-0.1, -0.05) is 50.6 Å². The Morgan fingerprint density at radius 2 is 1.72 bits per heavy atom. The molecule has 3 aromatic rings. The van der Waals surface area contributed by atoms with Gasteiger partial charge in [0, 0.05) is 11.6 Å². The zero-order chi connectivity index (χ0) is 23.3. The molecular formula is C24H24ClFN2O3S. The largest absolute Gasteiger partial charge is 0.308 e. The van der Waals surface area contributed by atoms with E-state index < -0.39 is 27.8 Å². The van der Waals surface area contributed by atoms with Gasteiger partial charge in [0.15, 0.2) is 0 Å². The Balaban J connectivity index is 1.55. The van der Waals surface area contributed by atoms with Crippen molar-refractivity contribution >= 4 is 44.0 Å². The second-order valence-electron chi connectivity index (χ2n) is 9.02. The number of fused-ring (bicyclic) bond motifs is 1. The predicted octanol–water partition coefficient (Wildman–Crippen LogP) is 5.01. The van der Waals surface area contributed by atoms with Crippen LogP contribution < -0.4 is 9.62 Å². The normalized spacial score (nSPS) is 17.3. The Bertz CT molecular complexity index is 1320. The van der Waals surface area contributed by atoms with E-state index in [2.05, 4.69) is 4.72 Å². The lowest BCUT2D eigenvalue weighted by Crippen LogP contribution is -2.41. The van der Waals surface area contributed by atoms with Crippen LogP contribution in [0.2, 0.25) is 5.02 Å². The fourth-order valence-electron chi connectivity index (χ4n) is 3.84. The Morgan fingerprint density at radius 1 is 1.03 bits per heavy atom. The van der Waals surface area contributed by atoms with Crippen molar-refractivity contribution in [2.75, 3.05) is 11.4 Å². The van der Waals surface area contributed by atoms with Crippen LogP contribution in [0.3, 0.4) is 0 Å². The van der Waals surface area contributed by atoms with E-state index in [1.54, 1.807) is 36.4 Å². The minimum absolute atomic E-state index is 0.0549. The highest BCUT2D eigenvalue weighted by atomic mass is 35.5. The van der Waals surface area contributed by atoms with Gasteiger partial charge in [-0.25, -0.2) is 12.8 Å². The number of hydrogen-bond donors (Lipinski definition) is 1. The standard InChI is InChI=1S/C24H24ClFN2O3S/c1-24(2,3)17-6-9-22(20(26)14-17)28-11-10-21(23(28)29)27-32(30,31)19-8-5-15-12-18(25)7-4-16(15)13-19/h4-9,12-14,21,27H,10-11H2,1-3H3. The molecule has 1 N–H and O–H groups in total. The third kappa shape index (κ3) is 4.37. The van der Waals surface area contributed by atoms with Gasteiger partial charge in [0.05, 0.1) is 10.6 Å². The zero-order valence-corrected chi connectivity index (χ0v) is 19.6. The van der Waals surface area contributed by atoms with E-state index in [1.165, 1.54) is 23.1 Å². The maximum atomic E-state index is 14.8. The lowest BCUT2D eigenvalue weighted by atomic mass is 9.87. The predicted molar refractivity (Wildman–Crippen MR) is 125 cm³/mol. The van der Waals surface area contributed by atoms with E-state index >= 15 is 0 Å². The molecule has 0 spiro atoms. The maximum Gasteiger partial charge on any atom is 0.245 e. The minimum Gasteiger partial charge on any atom is -0.308 e. The van der Waals surface area contributed by atoms with Crippen LogP contribution in [0.1, 0.15) is 32.8 Å². The third-order valence-corrected chi connectivity index (χ3v) is 7.40. The van der Waals surface area contributed by atoms with Crippen LogP contribution >= 0.6 is 11.6 Å². The number of carbonyl (C=O) groups excluding carboxylic acids is 1. The van der Waals surface area contributed by atoms with Crippen LogP contribution in [-0.2, 0) is 20.2 Å². The number of rotatable bonds is 4. The Hall–Kier alpha value is -2.48. The fraction of sp³-hybridized carbons (Fsp3) is 0.292.